The van der Waals surface area contributed by atoms with Crippen molar-refractivity contribution in [2.24, 2.45) is 0 Å². The number of hydrogen-bond donors (Lipinski definition) is 1. The van der Waals surface area contributed by atoms with E-state index in [4.69, 9.17) is 14.6 Å². The number of benzene rings is 1. The van der Waals surface area contributed by atoms with Crippen molar-refractivity contribution in [3.05, 3.63) is 29.5 Å². The van der Waals surface area contributed by atoms with E-state index in [9.17, 15) is 9.59 Å². The smallest absolute Gasteiger partial charge is 0.345 e. The normalized spacial score (nSPS) is 12.3. The van der Waals surface area contributed by atoms with E-state index < -0.39 is 18.0 Å². The van der Waals surface area contributed by atoms with Crippen LogP contribution in [0.5, 0.6) is 0 Å². The lowest BCUT2D eigenvalue weighted by Crippen LogP contribution is -2.28. The number of carboxylic acids is 1. The summed E-state index contributed by atoms with van der Waals surface area (Å²) in [6.45, 7) is 3.44. The number of fused-ring (bicyclic) bond motifs is 1. The highest BCUT2D eigenvalue weighted by atomic mass is 16.6. The van der Waals surface area contributed by atoms with Crippen molar-refractivity contribution in [2.45, 2.75) is 33.1 Å². The number of aryl methyl sites for hydroxylation is 1. The molecule has 0 saturated carbocycles. The first-order valence-electron chi connectivity index (χ1n) is 6.76. The highest BCUT2D eigenvalue weighted by molar-refractivity contribution is 5.83. The minimum atomic E-state index is -1.19. The molecule has 0 spiro atoms. The molecule has 1 N–H and O–H groups in total. The van der Waals surface area contributed by atoms with Crippen LogP contribution in [0, 0.1) is 6.92 Å². The second-order valence-corrected chi connectivity index (χ2v) is 5.08. The molecule has 1 unspecified atom stereocenters. The van der Waals surface area contributed by atoms with Crippen LogP contribution in [-0.2, 0) is 32.2 Å². The van der Waals surface area contributed by atoms with Gasteiger partial charge >= 0.3 is 11.9 Å². The number of esters is 1. The minimum Gasteiger partial charge on any atom is -0.478 e. The summed E-state index contributed by atoms with van der Waals surface area (Å²) in [6, 6.07) is 3.70. The lowest BCUT2D eigenvalue weighted by molar-refractivity contribution is -0.162. The van der Waals surface area contributed by atoms with Gasteiger partial charge in [0.25, 0.3) is 0 Å². The summed E-state index contributed by atoms with van der Waals surface area (Å²) in [4.78, 5) is 22.2. The first kappa shape index (κ1) is 16.0. The first-order valence-corrected chi connectivity index (χ1v) is 6.76. The number of hydrogen-bond acceptors (Lipinski definition) is 5. The Bertz CT molecular complexity index is 707. The summed E-state index contributed by atoms with van der Waals surface area (Å²) in [6.07, 6.45) is 0.751. The molecule has 7 nitrogen and oxygen atoms in total. The maximum atomic E-state index is 11.2. The van der Waals surface area contributed by atoms with Gasteiger partial charge in [0.05, 0.1) is 5.52 Å². The van der Waals surface area contributed by atoms with E-state index >= 15 is 0 Å². The van der Waals surface area contributed by atoms with Gasteiger partial charge in [-0.05, 0) is 24.1 Å². The van der Waals surface area contributed by atoms with E-state index in [1.165, 1.54) is 6.92 Å². The summed E-state index contributed by atoms with van der Waals surface area (Å²) in [5.74, 6) is -1.78. The number of methoxy groups -OCH3 is 1. The van der Waals surface area contributed by atoms with Gasteiger partial charge in [0.15, 0.2) is 0 Å². The largest absolute Gasteiger partial charge is 0.478 e. The van der Waals surface area contributed by atoms with Gasteiger partial charge in [-0.1, -0.05) is 6.07 Å². The molecule has 1 aromatic heterocycles. The number of rotatable bonds is 6. The summed E-state index contributed by atoms with van der Waals surface area (Å²) >= 11 is 0. The van der Waals surface area contributed by atoms with Crippen molar-refractivity contribution in [3.8, 4) is 0 Å². The number of carbonyl (C=O) groups is 2. The fourth-order valence-electron chi connectivity index (χ4n) is 2.35. The molecule has 0 radical (unpaired) electrons. The number of carboxylic acid groups (broad SMARTS) is 1. The molecule has 1 heterocycles. The van der Waals surface area contributed by atoms with Gasteiger partial charge in [-0.2, -0.15) is 5.10 Å². The van der Waals surface area contributed by atoms with Crippen LogP contribution in [0.25, 0.3) is 10.9 Å². The van der Waals surface area contributed by atoms with Crippen molar-refractivity contribution < 1.29 is 24.2 Å². The van der Waals surface area contributed by atoms with E-state index in [-0.39, 0.29) is 6.42 Å². The topological polar surface area (TPSA) is 90.7 Å². The van der Waals surface area contributed by atoms with E-state index in [2.05, 4.69) is 5.10 Å². The minimum absolute atomic E-state index is 0.112. The maximum Gasteiger partial charge on any atom is 0.345 e. The third-order valence-corrected chi connectivity index (χ3v) is 3.17. The summed E-state index contributed by atoms with van der Waals surface area (Å²) in [7, 11) is 1.58. The fraction of sp³-hybridized carbons (Fsp3) is 0.400. The van der Waals surface area contributed by atoms with Gasteiger partial charge in [0, 0.05) is 32.0 Å². The molecule has 0 aliphatic heterocycles. The second kappa shape index (κ2) is 6.57. The first-order chi connectivity index (χ1) is 10.4. The molecule has 1 atom stereocenters. The summed E-state index contributed by atoms with van der Waals surface area (Å²) in [5, 5.41) is 14.4. The van der Waals surface area contributed by atoms with Crippen LogP contribution < -0.4 is 0 Å². The molecule has 2 rings (SSSR count). The quantitative estimate of drug-likeness (QED) is 0.813. The molecule has 0 saturated heterocycles. The molecule has 0 fully saturated rings. The highest BCUT2D eigenvalue weighted by Gasteiger charge is 2.21. The molecule has 0 bridgehead atoms. The third kappa shape index (κ3) is 3.62. The Labute approximate surface area is 127 Å². The summed E-state index contributed by atoms with van der Waals surface area (Å²) in [5.41, 5.74) is 2.53. The predicted octanol–water partition coefficient (Wildman–Crippen LogP) is 1.51. The van der Waals surface area contributed by atoms with Crippen LogP contribution in [0.4, 0.5) is 0 Å². The van der Waals surface area contributed by atoms with Crippen molar-refractivity contribution in [2.75, 3.05) is 7.11 Å². The van der Waals surface area contributed by atoms with Crippen LogP contribution in [0.2, 0.25) is 0 Å². The molecular weight excluding hydrogens is 288 g/mol. The molecule has 22 heavy (non-hydrogen) atoms. The van der Waals surface area contributed by atoms with Gasteiger partial charge in [-0.15, -0.1) is 0 Å². The Morgan fingerprint density at radius 3 is 2.73 bits per heavy atom. The van der Waals surface area contributed by atoms with Crippen molar-refractivity contribution in [1.29, 1.82) is 0 Å². The Balaban J connectivity index is 2.30. The Morgan fingerprint density at radius 2 is 2.14 bits per heavy atom. The SMILES string of the molecule is COCn1cc2cc(CC(OC(C)=O)C(=O)O)cc(C)c2n1. The number of aromatic nitrogens is 2. The molecule has 118 valence electrons. The molecular formula is C15H18N2O5. The summed E-state index contributed by atoms with van der Waals surface area (Å²) < 4.78 is 11.5. The van der Waals surface area contributed by atoms with Gasteiger partial charge in [-0.25, -0.2) is 9.48 Å². The molecule has 2 aromatic rings. The van der Waals surface area contributed by atoms with Crippen LogP contribution in [0.3, 0.4) is 0 Å². The van der Waals surface area contributed by atoms with Crippen molar-refractivity contribution in [1.82, 2.24) is 9.78 Å². The van der Waals surface area contributed by atoms with E-state index in [0.29, 0.717) is 6.73 Å². The molecule has 0 amide bonds. The standard InChI is InChI=1S/C15H18N2O5/c1-9-4-11(6-13(15(19)20)22-10(2)18)5-12-7-17(8-21-3)16-14(9)12/h4-5,7,13H,6,8H2,1-3H3,(H,19,20). The number of ether oxygens (including phenoxy) is 2. The number of aliphatic carboxylic acids is 1. The Morgan fingerprint density at radius 1 is 1.41 bits per heavy atom. The Kier molecular flexibility index (Phi) is 4.77. The maximum absolute atomic E-state index is 11.2. The number of carbonyl (C=O) groups excluding carboxylic acids is 1. The fourth-order valence-corrected chi connectivity index (χ4v) is 2.35. The molecule has 1 aromatic carbocycles. The second-order valence-electron chi connectivity index (χ2n) is 5.08. The zero-order valence-corrected chi connectivity index (χ0v) is 12.7. The predicted molar refractivity (Wildman–Crippen MR) is 78.4 cm³/mol. The van der Waals surface area contributed by atoms with Gasteiger partial charge < -0.3 is 14.6 Å². The van der Waals surface area contributed by atoms with Crippen molar-refractivity contribution >= 4 is 22.8 Å². The van der Waals surface area contributed by atoms with Gasteiger partial charge in [0.1, 0.15) is 6.73 Å². The lowest BCUT2D eigenvalue weighted by Gasteiger charge is -2.13. The monoisotopic (exact) mass is 306 g/mol. The van der Waals surface area contributed by atoms with Crippen LogP contribution in [-0.4, -0.2) is 40.0 Å². The highest BCUT2D eigenvalue weighted by Crippen LogP contribution is 2.21. The molecule has 0 aliphatic carbocycles. The zero-order valence-electron chi connectivity index (χ0n) is 12.7. The Hall–Kier alpha value is -2.41. The van der Waals surface area contributed by atoms with Crippen LogP contribution >= 0.6 is 0 Å². The van der Waals surface area contributed by atoms with Gasteiger partial charge in [-0.3, -0.25) is 4.79 Å². The van der Waals surface area contributed by atoms with E-state index in [1.807, 2.05) is 25.3 Å². The van der Waals surface area contributed by atoms with E-state index in [1.54, 1.807) is 11.8 Å². The van der Waals surface area contributed by atoms with Crippen molar-refractivity contribution in [3.63, 3.8) is 0 Å². The molecule has 7 heteroatoms. The average molecular weight is 306 g/mol. The average Bonchev–Trinajstić information content (AvgIpc) is 2.81. The van der Waals surface area contributed by atoms with E-state index in [0.717, 1.165) is 22.0 Å². The third-order valence-electron chi connectivity index (χ3n) is 3.17. The van der Waals surface area contributed by atoms with Gasteiger partial charge in [0.2, 0.25) is 6.10 Å². The van der Waals surface area contributed by atoms with Crippen LogP contribution in [0.1, 0.15) is 18.1 Å². The molecule has 0 aliphatic rings. The zero-order chi connectivity index (χ0) is 16.3. The lowest BCUT2D eigenvalue weighted by atomic mass is 10.0. The van der Waals surface area contributed by atoms with Crippen LogP contribution in [0.15, 0.2) is 18.3 Å². The number of nitrogens with zero attached hydrogens (tertiary/aromatic N) is 2.